The highest BCUT2D eigenvalue weighted by Gasteiger charge is 2.18. The highest BCUT2D eigenvalue weighted by Crippen LogP contribution is 2.33. The van der Waals surface area contributed by atoms with Crippen LogP contribution >= 0.6 is 0 Å². The molecule has 3 nitrogen and oxygen atoms in total. The van der Waals surface area contributed by atoms with Gasteiger partial charge < -0.3 is 15.4 Å². The summed E-state index contributed by atoms with van der Waals surface area (Å²) < 4.78 is 5.68. The van der Waals surface area contributed by atoms with Gasteiger partial charge in [-0.3, -0.25) is 0 Å². The van der Waals surface area contributed by atoms with E-state index < -0.39 is 0 Å². The SMILES string of the molecule is CCOc1cc(N)ccc1N1CCC(C)CC1. The molecule has 1 saturated heterocycles. The van der Waals surface area contributed by atoms with Gasteiger partial charge >= 0.3 is 0 Å². The number of nitrogens with two attached hydrogens (primary N) is 1. The van der Waals surface area contributed by atoms with Crippen molar-refractivity contribution < 1.29 is 4.74 Å². The maximum absolute atomic E-state index is 5.81. The first-order valence-corrected chi connectivity index (χ1v) is 6.48. The maximum Gasteiger partial charge on any atom is 0.144 e. The van der Waals surface area contributed by atoms with Crippen LogP contribution in [0, 0.1) is 5.92 Å². The molecule has 0 bridgehead atoms. The smallest absolute Gasteiger partial charge is 0.144 e. The molecule has 1 aliphatic rings. The molecule has 0 radical (unpaired) electrons. The van der Waals surface area contributed by atoms with Gasteiger partial charge in [0.1, 0.15) is 5.75 Å². The number of piperidine rings is 1. The molecule has 94 valence electrons. The minimum Gasteiger partial charge on any atom is -0.492 e. The lowest BCUT2D eigenvalue weighted by Crippen LogP contribution is -2.33. The number of hydrogen-bond acceptors (Lipinski definition) is 3. The predicted octanol–water partition coefficient (Wildman–Crippen LogP) is 2.90. The number of nitrogen functional groups attached to an aromatic ring is 1. The van der Waals surface area contributed by atoms with Crippen LogP contribution in [0.15, 0.2) is 18.2 Å². The van der Waals surface area contributed by atoms with E-state index in [0.29, 0.717) is 6.61 Å². The van der Waals surface area contributed by atoms with Crippen LogP contribution in [0.1, 0.15) is 26.7 Å². The lowest BCUT2D eigenvalue weighted by Gasteiger charge is -2.33. The fourth-order valence-corrected chi connectivity index (χ4v) is 2.31. The molecule has 1 fully saturated rings. The average molecular weight is 234 g/mol. The minimum atomic E-state index is 0.681. The van der Waals surface area contributed by atoms with Crippen molar-refractivity contribution in [2.75, 3.05) is 30.3 Å². The Hall–Kier alpha value is -1.38. The molecule has 0 saturated carbocycles. The summed E-state index contributed by atoms with van der Waals surface area (Å²) in [7, 11) is 0. The van der Waals surface area contributed by atoms with E-state index in [1.807, 2.05) is 19.1 Å². The second-order valence-electron chi connectivity index (χ2n) is 4.83. The molecule has 1 aromatic rings. The average Bonchev–Trinajstić information content (AvgIpc) is 2.31. The molecule has 0 unspecified atom stereocenters. The molecule has 0 amide bonds. The zero-order chi connectivity index (χ0) is 12.3. The summed E-state index contributed by atoms with van der Waals surface area (Å²) in [6, 6.07) is 5.96. The third kappa shape index (κ3) is 2.84. The molecule has 1 aromatic carbocycles. The predicted molar refractivity (Wildman–Crippen MR) is 72.6 cm³/mol. The van der Waals surface area contributed by atoms with Crippen molar-refractivity contribution in [2.24, 2.45) is 5.92 Å². The summed E-state index contributed by atoms with van der Waals surface area (Å²) in [6.45, 7) is 7.24. The Morgan fingerprint density at radius 2 is 2.06 bits per heavy atom. The highest BCUT2D eigenvalue weighted by molar-refractivity contribution is 5.64. The van der Waals surface area contributed by atoms with Gasteiger partial charge in [-0.25, -0.2) is 0 Å². The maximum atomic E-state index is 5.81. The van der Waals surface area contributed by atoms with E-state index in [9.17, 15) is 0 Å². The molecule has 0 atom stereocenters. The highest BCUT2D eigenvalue weighted by atomic mass is 16.5. The Balaban J connectivity index is 2.18. The summed E-state index contributed by atoms with van der Waals surface area (Å²) in [6.07, 6.45) is 2.52. The van der Waals surface area contributed by atoms with Crippen LogP contribution in [-0.4, -0.2) is 19.7 Å². The summed E-state index contributed by atoms with van der Waals surface area (Å²) >= 11 is 0. The number of benzene rings is 1. The summed E-state index contributed by atoms with van der Waals surface area (Å²) in [5.41, 5.74) is 7.77. The van der Waals surface area contributed by atoms with E-state index in [1.54, 1.807) is 0 Å². The normalized spacial score (nSPS) is 17.2. The molecule has 17 heavy (non-hydrogen) atoms. The van der Waals surface area contributed by atoms with E-state index in [1.165, 1.54) is 18.5 Å². The molecule has 3 heteroatoms. The Kier molecular flexibility index (Phi) is 3.77. The van der Waals surface area contributed by atoms with Gasteiger partial charge in [-0.2, -0.15) is 0 Å². The summed E-state index contributed by atoms with van der Waals surface area (Å²) in [5.74, 6) is 1.76. The van der Waals surface area contributed by atoms with Crippen molar-refractivity contribution in [3.8, 4) is 5.75 Å². The minimum absolute atomic E-state index is 0.681. The molecule has 1 heterocycles. The van der Waals surface area contributed by atoms with E-state index in [2.05, 4.69) is 17.9 Å². The number of ether oxygens (including phenoxy) is 1. The van der Waals surface area contributed by atoms with Crippen LogP contribution in [0.25, 0.3) is 0 Å². The third-order valence-corrected chi connectivity index (χ3v) is 3.41. The van der Waals surface area contributed by atoms with Crippen LogP contribution < -0.4 is 15.4 Å². The van der Waals surface area contributed by atoms with E-state index >= 15 is 0 Å². The Morgan fingerprint density at radius 1 is 1.35 bits per heavy atom. The van der Waals surface area contributed by atoms with E-state index in [0.717, 1.165) is 30.4 Å². The molecule has 0 aromatic heterocycles. The first-order chi connectivity index (χ1) is 8.20. The Bertz CT molecular complexity index is 370. The summed E-state index contributed by atoms with van der Waals surface area (Å²) in [4.78, 5) is 2.41. The van der Waals surface area contributed by atoms with Crippen LogP contribution in [0.5, 0.6) is 5.75 Å². The monoisotopic (exact) mass is 234 g/mol. The van der Waals surface area contributed by atoms with Crippen molar-refractivity contribution in [3.05, 3.63) is 18.2 Å². The van der Waals surface area contributed by atoms with Crippen molar-refractivity contribution in [2.45, 2.75) is 26.7 Å². The first kappa shape index (κ1) is 12.1. The fourth-order valence-electron chi connectivity index (χ4n) is 2.31. The van der Waals surface area contributed by atoms with Crippen LogP contribution in [0.2, 0.25) is 0 Å². The standard InChI is InChI=1S/C14H22N2O/c1-3-17-14-10-12(15)4-5-13(14)16-8-6-11(2)7-9-16/h4-5,10-11H,3,6-9,15H2,1-2H3. The lowest BCUT2D eigenvalue weighted by atomic mass is 9.98. The van der Waals surface area contributed by atoms with Gasteiger partial charge in [-0.1, -0.05) is 6.92 Å². The van der Waals surface area contributed by atoms with Crippen molar-refractivity contribution in [1.82, 2.24) is 0 Å². The van der Waals surface area contributed by atoms with Gasteiger partial charge in [-0.15, -0.1) is 0 Å². The molecular weight excluding hydrogens is 212 g/mol. The lowest BCUT2D eigenvalue weighted by molar-refractivity contribution is 0.338. The van der Waals surface area contributed by atoms with Crippen molar-refractivity contribution in [1.29, 1.82) is 0 Å². The second-order valence-corrected chi connectivity index (χ2v) is 4.83. The molecule has 2 N–H and O–H groups in total. The largest absolute Gasteiger partial charge is 0.492 e. The Labute approximate surface area is 104 Å². The first-order valence-electron chi connectivity index (χ1n) is 6.48. The van der Waals surface area contributed by atoms with Crippen molar-refractivity contribution in [3.63, 3.8) is 0 Å². The van der Waals surface area contributed by atoms with Gasteiger partial charge in [0.25, 0.3) is 0 Å². The van der Waals surface area contributed by atoms with Gasteiger partial charge in [0.05, 0.1) is 12.3 Å². The van der Waals surface area contributed by atoms with Gasteiger partial charge in [-0.05, 0) is 37.8 Å². The number of hydrogen-bond donors (Lipinski definition) is 1. The molecule has 0 spiro atoms. The quantitative estimate of drug-likeness (QED) is 0.817. The van der Waals surface area contributed by atoms with E-state index in [-0.39, 0.29) is 0 Å². The third-order valence-electron chi connectivity index (χ3n) is 3.41. The van der Waals surface area contributed by atoms with Gasteiger partial charge in [0.2, 0.25) is 0 Å². The molecule has 0 aliphatic carbocycles. The van der Waals surface area contributed by atoms with Gasteiger partial charge in [0, 0.05) is 24.8 Å². The fraction of sp³-hybridized carbons (Fsp3) is 0.571. The number of anilines is 2. The van der Waals surface area contributed by atoms with Crippen LogP contribution in [0.3, 0.4) is 0 Å². The second kappa shape index (κ2) is 5.30. The zero-order valence-electron chi connectivity index (χ0n) is 10.8. The molecule has 1 aliphatic heterocycles. The van der Waals surface area contributed by atoms with E-state index in [4.69, 9.17) is 10.5 Å². The zero-order valence-corrected chi connectivity index (χ0v) is 10.8. The topological polar surface area (TPSA) is 38.5 Å². The number of rotatable bonds is 3. The summed E-state index contributed by atoms with van der Waals surface area (Å²) in [5, 5.41) is 0. The number of nitrogens with zero attached hydrogens (tertiary/aromatic N) is 1. The van der Waals surface area contributed by atoms with Crippen LogP contribution in [-0.2, 0) is 0 Å². The van der Waals surface area contributed by atoms with Crippen LogP contribution in [0.4, 0.5) is 11.4 Å². The molecule has 2 rings (SSSR count). The van der Waals surface area contributed by atoms with Gasteiger partial charge in [0.15, 0.2) is 0 Å². The molecular formula is C14H22N2O. The van der Waals surface area contributed by atoms with Crippen molar-refractivity contribution >= 4 is 11.4 Å². The Morgan fingerprint density at radius 3 is 2.71 bits per heavy atom.